The van der Waals surface area contributed by atoms with Gasteiger partial charge in [-0.15, -0.1) is 0 Å². The monoisotopic (exact) mass is 557 g/mol. The highest BCUT2D eigenvalue weighted by Gasteiger charge is 2.16. The molecule has 0 spiro atoms. The van der Waals surface area contributed by atoms with E-state index in [0.717, 1.165) is 66.5 Å². The topological polar surface area (TPSA) is 82.5 Å². The molecule has 0 saturated carbocycles. The van der Waals surface area contributed by atoms with Gasteiger partial charge in [0.25, 0.3) is 0 Å². The number of hydrogen-bond donors (Lipinski definition) is 0. The minimum absolute atomic E-state index is 0.708. The zero-order chi connectivity index (χ0) is 28.7. The fourth-order valence-electron chi connectivity index (χ4n) is 6.37. The van der Waals surface area contributed by atoms with Crippen LogP contribution >= 0.6 is 0 Å². The summed E-state index contributed by atoms with van der Waals surface area (Å²) in [4.78, 5) is 23.6. The van der Waals surface area contributed by atoms with Crippen LogP contribution in [0.2, 0.25) is 0 Å². The third-order valence-corrected chi connectivity index (χ3v) is 8.27. The van der Waals surface area contributed by atoms with E-state index < -0.39 is 0 Å². The Morgan fingerprint density at radius 3 is 1.88 bits per heavy atom. The third-order valence-electron chi connectivity index (χ3n) is 8.27. The average Bonchev–Trinajstić information content (AvgIpc) is 3.73. The number of benzene rings is 3. The number of hydrogen-bond acceptors (Lipinski definition) is 6. The van der Waals surface area contributed by atoms with Crippen molar-refractivity contribution in [3.8, 4) is 22.8 Å². The first-order chi connectivity index (χ1) is 21.1. The number of fused-ring (bicyclic) bond motifs is 12. The van der Waals surface area contributed by atoms with E-state index in [1.165, 1.54) is 16.7 Å². The smallest absolute Gasteiger partial charge is 0.165 e. The molecule has 6 heterocycles. The first kappa shape index (κ1) is 23.8. The molecule has 0 aliphatic rings. The molecule has 0 amide bonds. The van der Waals surface area contributed by atoms with Gasteiger partial charge in [0.05, 0.1) is 5.69 Å². The molecule has 0 atom stereocenters. The van der Waals surface area contributed by atoms with Crippen LogP contribution in [-0.4, -0.2) is 33.7 Å². The van der Waals surface area contributed by atoms with Gasteiger partial charge in [-0.2, -0.15) is 0 Å². The van der Waals surface area contributed by atoms with Gasteiger partial charge in [0, 0.05) is 64.3 Å². The highest BCUT2D eigenvalue weighted by atomic mass is 16.5. The molecule has 8 nitrogen and oxygen atoms in total. The van der Waals surface area contributed by atoms with Gasteiger partial charge in [-0.3, -0.25) is 13.8 Å². The molecule has 0 saturated heterocycles. The van der Waals surface area contributed by atoms with Gasteiger partial charge in [0.15, 0.2) is 5.65 Å². The first-order valence-electron chi connectivity index (χ1n) is 14.1. The van der Waals surface area contributed by atoms with Crippen LogP contribution in [0.25, 0.3) is 66.3 Å². The molecule has 9 rings (SSSR count). The summed E-state index contributed by atoms with van der Waals surface area (Å²) in [5.41, 5.74) is 8.66. The molecule has 8 heteroatoms. The molecule has 0 aliphatic heterocycles. The fraction of sp³-hybridized carbons (Fsp3) is 0.0571. The van der Waals surface area contributed by atoms with Gasteiger partial charge < -0.3 is 4.74 Å². The average molecular weight is 558 g/mol. The van der Waals surface area contributed by atoms with E-state index in [9.17, 15) is 0 Å². The van der Waals surface area contributed by atoms with Crippen LogP contribution in [0.1, 0.15) is 11.1 Å². The van der Waals surface area contributed by atoms with Crippen LogP contribution < -0.4 is 4.74 Å². The number of aromatic nitrogens is 7. The number of nitrogens with zero attached hydrogens (tertiary/aromatic N) is 7. The number of pyridine rings is 3. The lowest BCUT2D eigenvalue weighted by Crippen LogP contribution is -1.97. The van der Waals surface area contributed by atoms with Gasteiger partial charge in [-0.05, 0) is 78.9 Å². The molecule has 3 aromatic carbocycles. The van der Waals surface area contributed by atoms with Crippen molar-refractivity contribution in [2.45, 2.75) is 13.8 Å². The van der Waals surface area contributed by atoms with Crippen LogP contribution in [0.4, 0.5) is 0 Å². The largest absolute Gasteiger partial charge is 0.457 e. The quantitative estimate of drug-likeness (QED) is 0.206. The standard InChI is InChI=1S/C35H23N7O/c1-20-4-3-5-21(2)30(20)29-11-10-26-24-8-6-22(18-27(24)32-38-14-16-41(32)34(26)40-29)43-23-7-9-25-28(19-23)33-39-15-17-42(33)35-31(25)36-12-13-37-35/h3-19H,1-2H3. The highest BCUT2D eigenvalue weighted by molar-refractivity contribution is 6.12. The van der Waals surface area contributed by atoms with E-state index in [4.69, 9.17) is 14.7 Å². The second-order valence-corrected chi connectivity index (χ2v) is 10.8. The Hall–Kier alpha value is -5.89. The molecule has 0 aliphatic carbocycles. The number of imidazole rings is 2. The summed E-state index contributed by atoms with van der Waals surface area (Å²) < 4.78 is 10.5. The second-order valence-electron chi connectivity index (χ2n) is 10.8. The van der Waals surface area contributed by atoms with E-state index >= 15 is 0 Å². The van der Waals surface area contributed by atoms with Gasteiger partial charge >= 0.3 is 0 Å². The maximum atomic E-state index is 6.45. The summed E-state index contributed by atoms with van der Waals surface area (Å²) in [7, 11) is 0. The van der Waals surface area contributed by atoms with Crippen molar-refractivity contribution in [1.29, 1.82) is 0 Å². The molecule has 0 fully saturated rings. The predicted molar refractivity (Wildman–Crippen MR) is 169 cm³/mol. The van der Waals surface area contributed by atoms with Crippen molar-refractivity contribution < 1.29 is 4.74 Å². The summed E-state index contributed by atoms with van der Waals surface area (Å²) in [5.74, 6) is 1.43. The lowest BCUT2D eigenvalue weighted by molar-refractivity contribution is 0.484. The van der Waals surface area contributed by atoms with Crippen LogP contribution in [0.15, 0.2) is 104 Å². The summed E-state index contributed by atoms with van der Waals surface area (Å²) in [5, 5.41) is 5.05. The zero-order valence-corrected chi connectivity index (χ0v) is 23.4. The Labute approximate surface area is 244 Å². The van der Waals surface area contributed by atoms with Gasteiger partial charge in [-0.1, -0.05) is 18.2 Å². The van der Waals surface area contributed by atoms with Crippen LogP contribution in [0.5, 0.6) is 11.5 Å². The lowest BCUT2D eigenvalue weighted by atomic mass is 9.99. The molecule has 9 aromatic rings. The normalized spacial score (nSPS) is 12.0. The van der Waals surface area contributed by atoms with Crippen molar-refractivity contribution >= 4 is 55.0 Å². The molecular formula is C35H23N7O. The van der Waals surface area contributed by atoms with Gasteiger partial charge in [0.1, 0.15) is 34.0 Å². The van der Waals surface area contributed by atoms with E-state index in [0.29, 0.717) is 5.75 Å². The number of aryl methyl sites for hydroxylation is 2. The van der Waals surface area contributed by atoms with Crippen LogP contribution in [-0.2, 0) is 0 Å². The van der Waals surface area contributed by atoms with E-state index in [-0.39, 0.29) is 0 Å². The summed E-state index contributed by atoms with van der Waals surface area (Å²) in [6.07, 6.45) is 10.9. The van der Waals surface area contributed by atoms with Gasteiger partial charge in [-0.25, -0.2) is 19.9 Å². The van der Waals surface area contributed by atoms with Crippen LogP contribution in [0.3, 0.4) is 0 Å². The number of ether oxygens (including phenoxy) is 1. The van der Waals surface area contributed by atoms with Crippen molar-refractivity contribution in [2.24, 2.45) is 0 Å². The summed E-state index contributed by atoms with van der Waals surface area (Å²) in [6, 6.07) is 22.8. The predicted octanol–water partition coefficient (Wildman–Crippen LogP) is 7.86. The molecule has 0 bridgehead atoms. The third kappa shape index (κ3) is 3.47. The molecule has 0 unspecified atom stereocenters. The van der Waals surface area contributed by atoms with E-state index in [2.05, 4.69) is 75.7 Å². The molecule has 0 N–H and O–H groups in total. The first-order valence-corrected chi connectivity index (χ1v) is 14.1. The minimum Gasteiger partial charge on any atom is -0.457 e. The number of rotatable bonds is 3. The Morgan fingerprint density at radius 1 is 0.535 bits per heavy atom. The highest BCUT2D eigenvalue weighted by Crippen LogP contribution is 2.36. The molecule has 204 valence electrons. The van der Waals surface area contributed by atoms with Gasteiger partial charge in [0.2, 0.25) is 0 Å². The Kier molecular flexibility index (Phi) is 4.87. The van der Waals surface area contributed by atoms with Crippen molar-refractivity contribution in [3.05, 3.63) is 115 Å². The Balaban J connectivity index is 1.18. The maximum Gasteiger partial charge on any atom is 0.165 e. The van der Waals surface area contributed by atoms with Crippen molar-refractivity contribution in [2.75, 3.05) is 0 Å². The molecule has 0 radical (unpaired) electrons. The molecule has 43 heavy (non-hydrogen) atoms. The van der Waals surface area contributed by atoms with E-state index in [1.54, 1.807) is 18.6 Å². The minimum atomic E-state index is 0.708. The Bertz CT molecular complexity index is 2560. The van der Waals surface area contributed by atoms with Crippen LogP contribution in [0, 0.1) is 13.8 Å². The zero-order valence-electron chi connectivity index (χ0n) is 23.4. The Morgan fingerprint density at radius 2 is 1.14 bits per heavy atom. The lowest BCUT2D eigenvalue weighted by Gasteiger charge is -2.13. The van der Waals surface area contributed by atoms with E-state index in [1.807, 2.05) is 47.3 Å². The summed E-state index contributed by atoms with van der Waals surface area (Å²) >= 11 is 0. The summed E-state index contributed by atoms with van der Waals surface area (Å²) in [6.45, 7) is 4.26. The van der Waals surface area contributed by atoms with Crippen molar-refractivity contribution in [1.82, 2.24) is 33.7 Å². The van der Waals surface area contributed by atoms with Crippen molar-refractivity contribution in [3.63, 3.8) is 0 Å². The SMILES string of the molecule is Cc1cccc(C)c1-c1ccc2c3ccc(Oc4ccc5c(c4)c4nccn4c4nccnc54)cc3c3nccn3c2n1. The maximum absolute atomic E-state index is 6.45. The molecule has 6 aromatic heterocycles. The fourth-order valence-corrected chi connectivity index (χ4v) is 6.37. The molecular weight excluding hydrogens is 534 g/mol. The second kappa shape index (κ2) is 8.80.